The zero-order valence-corrected chi connectivity index (χ0v) is 17.3. The number of methoxy groups -OCH3 is 1. The standard InChI is InChI=1S/C24H18F3NO5/c1-32-16-12-10-15(11-13-16)22(30)17-6-2-3-7-18(17)23(31)33-14-21(29)28-20-9-5-4-8-19(20)24(25,26)27/h2-13H,14H2,1H3,(H,28,29). The van der Waals surface area contributed by atoms with E-state index < -0.39 is 41.7 Å². The highest BCUT2D eigenvalue weighted by Gasteiger charge is 2.33. The van der Waals surface area contributed by atoms with E-state index in [9.17, 15) is 27.6 Å². The molecular formula is C24H18F3NO5. The average Bonchev–Trinajstić information content (AvgIpc) is 2.82. The number of hydrogen-bond donors (Lipinski definition) is 1. The normalized spacial score (nSPS) is 10.9. The summed E-state index contributed by atoms with van der Waals surface area (Å²) < 4.78 is 49.2. The third kappa shape index (κ3) is 5.76. The van der Waals surface area contributed by atoms with Crippen LogP contribution in [0.3, 0.4) is 0 Å². The summed E-state index contributed by atoms with van der Waals surface area (Å²) in [5.41, 5.74) is -1.21. The number of alkyl halides is 3. The van der Waals surface area contributed by atoms with Crippen molar-refractivity contribution in [3.63, 3.8) is 0 Å². The van der Waals surface area contributed by atoms with Gasteiger partial charge in [0.2, 0.25) is 0 Å². The van der Waals surface area contributed by atoms with Crippen molar-refractivity contribution in [1.29, 1.82) is 0 Å². The third-order valence-electron chi connectivity index (χ3n) is 4.58. The van der Waals surface area contributed by atoms with E-state index in [1.54, 1.807) is 18.2 Å². The van der Waals surface area contributed by atoms with Crippen LogP contribution in [0.4, 0.5) is 18.9 Å². The number of para-hydroxylation sites is 1. The van der Waals surface area contributed by atoms with Crippen LogP contribution in [0.5, 0.6) is 5.75 Å². The fourth-order valence-electron chi connectivity index (χ4n) is 2.99. The predicted octanol–water partition coefficient (Wildman–Crippen LogP) is 4.74. The number of anilines is 1. The predicted molar refractivity (Wildman–Crippen MR) is 113 cm³/mol. The highest BCUT2D eigenvalue weighted by molar-refractivity contribution is 6.14. The van der Waals surface area contributed by atoms with Crippen LogP contribution in [0.1, 0.15) is 31.8 Å². The Kier molecular flexibility index (Phi) is 7.12. The van der Waals surface area contributed by atoms with Crippen molar-refractivity contribution in [2.24, 2.45) is 0 Å². The Morgan fingerprint density at radius 2 is 1.45 bits per heavy atom. The molecule has 0 aromatic heterocycles. The molecule has 0 saturated heterocycles. The smallest absolute Gasteiger partial charge is 0.418 e. The van der Waals surface area contributed by atoms with E-state index in [1.165, 1.54) is 49.6 Å². The number of rotatable bonds is 7. The van der Waals surface area contributed by atoms with Crippen molar-refractivity contribution in [2.45, 2.75) is 6.18 Å². The molecule has 0 aliphatic heterocycles. The Morgan fingerprint density at radius 1 is 0.848 bits per heavy atom. The average molecular weight is 457 g/mol. The van der Waals surface area contributed by atoms with Gasteiger partial charge in [-0.1, -0.05) is 30.3 Å². The molecule has 33 heavy (non-hydrogen) atoms. The quantitative estimate of drug-likeness (QED) is 0.409. The number of halogens is 3. The first-order valence-corrected chi connectivity index (χ1v) is 9.61. The Morgan fingerprint density at radius 3 is 2.09 bits per heavy atom. The molecule has 0 unspecified atom stereocenters. The van der Waals surface area contributed by atoms with Crippen molar-refractivity contribution in [1.82, 2.24) is 0 Å². The maximum atomic E-state index is 13.1. The zero-order chi connectivity index (χ0) is 24.0. The second-order valence-corrected chi connectivity index (χ2v) is 6.77. The summed E-state index contributed by atoms with van der Waals surface area (Å²) in [6, 6.07) is 16.6. The van der Waals surface area contributed by atoms with E-state index in [1.807, 2.05) is 0 Å². The van der Waals surface area contributed by atoms with E-state index >= 15 is 0 Å². The molecule has 0 aliphatic carbocycles. The van der Waals surface area contributed by atoms with Crippen LogP contribution in [0, 0.1) is 0 Å². The summed E-state index contributed by atoms with van der Waals surface area (Å²) in [7, 11) is 1.49. The first kappa shape index (κ1) is 23.5. The van der Waals surface area contributed by atoms with Gasteiger partial charge in [0, 0.05) is 11.1 Å². The van der Waals surface area contributed by atoms with Crippen LogP contribution < -0.4 is 10.1 Å². The van der Waals surface area contributed by atoms with Gasteiger partial charge < -0.3 is 14.8 Å². The first-order valence-electron chi connectivity index (χ1n) is 9.61. The van der Waals surface area contributed by atoms with Gasteiger partial charge in [-0.15, -0.1) is 0 Å². The van der Waals surface area contributed by atoms with Gasteiger partial charge in [-0.05, 0) is 42.5 Å². The Balaban J connectivity index is 1.70. The molecule has 0 spiro atoms. The van der Waals surface area contributed by atoms with E-state index in [-0.39, 0.29) is 11.1 Å². The van der Waals surface area contributed by atoms with Crippen LogP contribution in [0.15, 0.2) is 72.8 Å². The highest BCUT2D eigenvalue weighted by atomic mass is 19.4. The van der Waals surface area contributed by atoms with Crippen LogP contribution in [0.25, 0.3) is 0 Å². The number of nitrogens with one attached hydrogen (secondary N) is 1. The molecule has 0 aliphatic rings. The van der Waals surface area contributed by atoms with Gasteiger partial charge in [-0.25, -0.2) is 4.79 Å². The van der Waals surface area contributed by atoms with Gasteiger partial charge in [-0.2, -0.15) is 13.2 Å². The van der Waals surface area contributed by atoms with Gasteiger partial charge in [0.05, 0.1) is 23.9 Å². The molecule has 0 radical (unpaired) electrons. The summed E-state index contributed by atoms with van der Waals surface area (Å²) in [4.78, 5) is 37.5. The molecule has 3 aromatic rings. The van der Waals surface area contributed by atoms with E-state index in [0.29, 0.717) is 11.3 Å². The van der Waals surface area contributed by atoms with E-state index in [2.05, 4.69) is 5.32 Å². The minimum absolute atomic E-state index is 0.0514. The number of amides is 1. The summed E-state index contributed by atoms with van der Waals surface area (Å²) >= 11 is 0. The third-order valence-corrected chi connectivity index (χ3v) is 4.58. The van der Waals surface area contributed by atoms with E-state index in [0.717, 1.165) is 12.1 Å². The molecule has 1 amide bonds. The van der Waals surface area contributed by atoms with Crippen molar-refractivity contribution < 1.29 is 37.0 Å². The van der Waals surface area contributed by atoms with Gasteiger partial charge >= 0.3 is 12.1 Å². The number of benzene rings is 3. The molecule has 0 saturated carbocycles. The summed E-state index contributed by atoms with van der Waals surface area (Å²) in [6.07, 6.45) is -4.67. The lowest BCUT2D eigenvalue weighted by Gasteiger charge is -2.14. The molecule has 9 heteroatoms. The molecule has 3 aromatic carbocycles. The number of esters is 1. The van der Waals surface area contributed by atoms with Gasteiger partial charge in [0.15, 0.2) is 12.4 Å². The van der Waals surface area contributed by atoms with Gasteiger partial charge in [0.25, 0.3) is 5.91 Å². The van der Waals surface area contributed by atoms with Crippen LogP contribution in [-0.4, -0.2) is 31.4 Å². The largest absolute Gasteiger partial charge is 0.497 e. The lowest BCUT2D eigenvalue weighted by atomic mass is 9.98. The van der Waals surface area contributed by atoms with Crippen molar-refractivity contribution in [2.75, 3.05) is 19.0 Å². The number of hydrogen-bond acceptors (Lipinski definition) is 5. The van der Waals surface area contributed by atoms with E-state index in [4.69, 9.17) is 9.47 Å². The molecule has 0 atom stereocenters. The second-order valence-electron chi connectivity index (χ2n) is 6.77. The maximum Gasteiger partial charge on any atom is 0.418 e. The van der Waals surface area contributed by atoms with Crippen molar-refractivity contribution >= 4 is 23.3 Å². The fourth-order valence-corrected chi connectivity index (χ4v) is 2.99. The second kappa shape index (κ2) is 9.99. The number of carbonyl (C=O) groups excluding carboxylic acids is 3. The Hall–Kier alpha value is -4.14. The number of carbonyl (C=O) groups is 3. The molecular weight excluding hydrogens is 439 g/mol. The van der Waals surface area contributed by atoms with Gasteiger partial charge in [-0.3, -0.25) is 9.59 Å². The molecule has 6 nitrogen and oxygen atoms in total. The molecule has 170 valence electrons. The lowest BCUT2D eigenvalue weighted by molar-refractivity contribution is -0.137. The lowest BCUT2D eigenvalue weighted by Crippen LogP contribution is -2.23. The number of ketones is 1. The molecule has 0 fully saturated rings. The molecule has 1 N–H and O–H groups in total. The minimum Gasteiger partial charge on any atom is -0.497 e. The topological polar surface area (TPSA) is 81.7 Å². The fraction of sp³-hybridized carbons (Fsp3) is 0.125. The van der Waals surface area contributed by atoms with Crippen LogP contribution in [-0.2, 0) is 15.7 Å². The summed E-state index contributed by atoms with van der Waals surface area (Å²) in [5.74, 6) is -1.82. The van der Waals surface area contributed by atoms with Crippen LogP contribution in [0.2, 0.25) is 0 Å². The summed E-state index contributed by atoms with van der Waals surface area (Å²) in [5, 5.41) is 2.08. The van der Waals surface area contributed by atoms with Crippen LogP contribution >= 0.6 is 0 Å². The Bertz CT molecular complexity index is 1170. The molecule has 0 heterocycles. The SMILES string of the molecule is COc1ccc(C(=O)c2ccccc2C(=O)OCC(=O)Nc2ccccc2C(F)(F)F)cc1. The Labute approximate surface area is 186 Å². The first-order chi connectivity index (χ1) is 15.7. The summed E-state index contributed by atoms with van der Waals surface area (Å²) in [6.45, 7) is -0.837. The minimum atomic E-state index is -4.67. The monoisotopic (exact) mass is 457 g/mol. The van der Waals surface area contributed by atoms with Gasteiger partial charge in [0.1, 0.15) is 5.75 Å². The number of ether oxygens (including phenoxy) is 2. The maximum absolute atomic E-state index is 13.1. The van der Waals surface area contributed by atoms with Crippen molar-refractivity contribution in [3.8, 4) is 5.75 Å². The zero-order valence-electron chi connectivity index (χ0n) is 17.3. The van der Waals surface area contributed by atoms with Crippen molar-refractivity contribution in [3.05, 3.63) is 95.1 Å². The molecule has 0 bridgehead atoms. The molecule has 3 rings (SSSR count). The highest BCUT2D eigenvalue weighted by Crippen LogP contribution is 2.34.